The van der Waals surface area contributed by atoms with E-state index in [0.717, 1.165) is 11.1 Å². The van der Waals surface area contributed by atoms with Gasteiger partial charge in [-0.1, -0.05) is 29.8 Å². The lowest BCUT2D eigenvalue weighted by Crippen LogP contribution is -1.88. The maximum Gasteiger partial charge on any atom is 0.145 e. The van der Waals surface area contributed by atoms with Crippen LogP contribution in [0.15, 0.2) is 18.2 Å². The molecule has 1 aromatic rings. The Balaban J connectivity index is 2.67. The van der Waals surface area contributed by atoms with Gasteiger partial charge in [0.1, 0.15) is 5.82 Å². The molecule has 2 rings (SSSR count). The van der Waals surface area contributed by atoms with Crippen LogP contribution in [0.4, 0.5) is 4.39 Å². The molecule has 0 amide bonds. The molecule has 0 spiro atoms. The summed E-state index contributed by atoms with van der Waals surface area (Å²) in [5.41, 5.74) is 1.67. The third-order valence-electron chi connectivity index (χ3n) is 1.85. The first-order valence-electron chi connectivity index (χ1n) is 3.42. The minimum atomic E-state index is -0.269. The van der Waals surface area contributed by atoms with Gasteiger partial charge in [0, 0.05) is 5.56 Å². The van der Waals surface area contributed by atoms with Gasteiger partial charge < -0.3 is 0 Å². The van der Waals surface area contributed by atoms with Crippen LogP contribution in [0.5, 0.6) is 0 Å². The van der Waals surface area contributed by atoms with Crippen LogP contribution in [0.1, 0.15) is 11.1 Å². The van der Waals surface area contributed by atoms with Crippen LogP contribution in [0.2, 0.25) is 5.02 Å². The number of fused-ring (bicyclic) bond motifs is 1. The first-order valence-corrected chi connectivity index (χ1v) is 3.80. The van der Waals surface area contributed by atoms with Gasteiger partial charge in [0.2, 0.25) is 0 Å². The summed E-state index contributed by atoms with van der Waals surface area (Å²) in [6.45, 7) is 0. The highest BCUT2D eigenvalue weighted by molar-refractivity contribution is 6.30. The van der Waals surface area contributed by atoms with E-state index < -0.39 is 0 Å². The van der Waals surface area contributed by atoms with Crippen LogP contribution < -0.4 is 0 Å². The molecule has 0 aliphatic heterocycles. The first kappa shape index (κ1) is 6.86. The van der Waals surface area contributed by atoms with E-state index in [-0.39, 0.29) is 10.8 Å². The molecule has 0 fully saturated rings. The van der Waals surface area contributed by atoms with E-state index in [4.69, 9.17) is 11.6 Å². The lowest BCUT2D eigenvalue weighted by molar-refractivity contribution is 0.616. The van der Waals surface area contributed by atoms with E-state index in [1.54, 1.807) is 6.07 Å². The zero-order valence-corrected chi connectivity index (χ0v) is 6.53. The Bertz CT molecular complexity index is 329. The number of benzene rings is 1. The van der Waals surface area contributed by atoms with E-state index >= 15 is 0 Å². The number of allylic oxidation sites excluding steroid dienone is 1. The normalized spacial score (nSPS) is 13.6. The van der Waals surface area contributed by atoms with Crippen LogP contribution in [-0.2, 0) is 6.42 Å². The summed E-state index contributed by atoms with van der Waals surface area (Å²) in [5.74, 6) is -0.269. The van der Waals surface area contributed by atoms with Crippen molar-refractivity contribution in [1.29, 1.82) is 0 Å². The van der Waals surface area contributed by atoms with E-state index in [0.29, 0.717) is 6.42 Å². The molecule has 1 aliphatic rings. The summed E-state index contributed by atoms with van der Waals surface area (Å²) in [4.78, 5) is 0. The SMILES string of the molecule is Fc1c(Cl)ccc2c1CC=C2. The van der Waals surface area contributed by atoms with Gasteiger partial charge in [-0.05, 0) is 18.1 Å². The Kier molecular flexibility index (Phi) is 1.46. The molecule has 0 radical (unpaired) electrons. The standard InChI is InChI=1S/C9H6ClF/c10-8-5-4-6-2-1-3-7(6)9(8)11/h1-2,4-5H,3H2. The lowest BCUT2D eigenvalue weighted by atomic mass is 10.1. The van der Waals surface area contributed by atoms with E-state index in [2.05, 4.69) is 0 Å². The Labute approximate surface area is 69.3 Å². The zero-order valence-electron chi connectivity index (χ0n) is 5.77. The predicted octanol–water partition coefficient (Wildman–Crippen LogP) is 3.05. The maximum absolute atomic E-state index is 13.1. The summed E-state index contributed by atoms with van der Waals surface area (Å²) >= 11 is 5.59. The summed E-state index contributed by atoms with van der Waals surface area (Å²) in [6, 6.07) is 3.43. The van der Waals surface area contributed by atoms with Crippen molar-refractivity contribution in [2.45, 2.75) is 6.42 Å². The van der Waals surface area contributed by atoms with Crippen LogP contribution >= 0.6 is 11.6 Å². The average molecular weight is 169 g/mol. The molecule has 56 valence electrons. The van der Waals surface area contributed by atoms with E-state index in [9.17, 15) is 4.39 Å². The molecule has 1 aromatic carbocycles. The second-order valence-corrected chi connectivity index (χ2v) is 2.94. The largest absolute Gasteiger partial charge is 0.205 e. The van der Waals surface area contributed by atoms with Gasteiger partial charge in [-0.3, -0.25) is 0 Å². The van der Waals surface area contributed by atoms with Gasteiger partial charge in [0.25, 0.3) is 0 Å². The third-order valence-corrected chi connectivity index (χ3v) is 2.14. The van der Waals surface area contributed by atoms with Crippen LogP contribution in [-0.4, -0.2) is 0 Å². The molecule has 0 saturated carbocycles. The lowest BCUT2D eigenvalue weighted by Gasteiger charge is -2.00. The monoisotopic (exact) mass is 168 g/mol. The Morgan fingerprint density at radius 1 is 1.36 bits per heavy atom. The fourth-order valence-corrected chi connectivity index (χ4v) is 1.45. The van der Waals surface area contributed by atoms with Crippen molar-refractivity contribution in [1.82, 2.24) is 0 Å². The number of hydrogen-bond acceptors (Lipinski definition) is 0. The van der Waals surface area contributed by atoms with Crippen LogP contribution in [0.3, 0.4) is 0 Å². The quantitative estimate of drug-likeness (QED) is 0.559. The highest BCUT2D eigenvalue weighted by atomic mass is 35.5. The smallest absolute Gasteiger partial charge is 0.145 e. The van der Waals surface area contributed by atoms with Gasteiger partial charge >= 0.3 is 0 Å². The topological polar surface area (TPSA) is 0 Å². The van der Waals surface area contributed by atoms with Crippen molar-refractivity contribution in [2.75, 3.05) is 0 Å². The predicted molar refractivity (Wildman–Crippen MR) is 44.1 cm³/mol. The van der Waals surface area contributed by atoms with Gasteiger partial charge in [-0.2, -0.15) is 0 Å². The van der Waals surface area contributed by atoms with E-state index in [1.165, 1.54) is 0 Å². The Hall–Kier alpha value is -0.820. The van der Waals surface area contributed by atoms with Gasteiger partial charge in [-0.25, -0.2) is 4.39 Å². The van der Waals surface area contributed by atoms with Crippen LogP contribution in [0.25, 0.3) is 6.08 Å². The molecule has 0 unspecified atom stereocenters. The second-order valence-electron chi connectivity index (χ2n) is 2.54. The minimum Gasteiger partial charge on any atom is -0.205 e. The molecule has 2 heteroatoms. The zero-order chi connectivity index (χ0) is 7.84. The van der Waals surface area contributed by atoms with E-state index in [1.807, 2.05) is 18.2 Å². The molecule has 0 saturated heterocycles. The Morgan fingerprint density at radius 2 is 2.18 bits per heavy atom. The molecule has 11 heavy (non-hydrogen) atoms. The summed E-state index contributed by atoms with van der Waals surface area (Å²) in [6.07, 6.45) is 4.51. The molecule has 0 bridgehead atoms. The molecule has 0 heterocycles. The summed E-state index contributed by atoms with van der Waals surface area (Å²) < 4.78 is 13.1. The fourth-order valence-electron chi connectivity index (χ4n) is 1.27. The molecule has 0 nitrogen and oxygen atoms in total. The summed E-state index contributed by atoms with van der Waals surface area (Å²) in [7, 11) is 0. The number of halogens is 2. The van der Waals surface area contributed by atoms with Crippen molar-refractivity contribution in [3.63, 3.8) is 0 Å². The minimum absolute atomic E-state index is 0.215. The van der Waals surface area contributed by atoms with Gasteiger partial charge in [0.15, 0.2) is 0 Å². The summed E-state index contributed by atoms with van der Waals surface area (Å²) in [5, 5.41) is 0.215. The van der Waals surface area contributed by atoms with Crippen molar-refractivity contribution >= 4 is 17.7 Å². The van der Waals surface area contributed by atoms with Crippen molar-refractivity contribution in [3.8, 4) is 0 Å². The fraction of sp³-hybridized carbons (Fsp3) is 0.111. The third kappa shape index (κ3) is 0.962. The van der Waals surface area contributed by atoms with Gasteiger partial charge in [0.05, 0.1) is 5.02 Å². The number of hydrogen-bond donors (Lipinski definition) is 0. The second kappa shape index (κ2) is 2.35. The van der Waals surface area contributed by atoms with Crippen molar-refractivity contribution in [3.05, 3.63) is 40.2 Å². The van der Waals surface area contributed by atoms with Crippen molar-refractivity contribution < 1.29 is 4.39 Å². The van der Waals surface area contributed by atoms with Crippen molar-refractivity contribution in [2.24, 2.45) is 0 Å². The first-order chi connectivity index (χ1) is 5.29. The molecule has 0 atom stereocenters. The molecule has 0 aromatic heterocycles. The average Bonchev–Trinajstić information content (AvgIpc) is 2.45. The molecule has 0 N–H and O–H groups in total. The van der Waals surface area contributed by atoms with Gasteiger partial charge in [-0.15, -0.1) is 0 Å². The molecule has 1 aliphatic carbocycles. The maximum atomic E-state index is 13.1. The van der Waals surface area contributed by atoms with Crippen LogP contribution in [0, 0.1) is 5.82 Å². The molecular weight excluding hydrogens is 163 g/mol. The molecular formula is C9H6ClF. The number of rotatable bonds is 0. The Morgan fingerprint density at radius 3 is 3.00 bits per heavy atom. The highest BCUT2D eigenvalue weighted by Gasteiger charge is 2.12. The highest BCUT2D eigenvalue weighted by Crippen LogP contribution is 2.26.